The summed E-state index contributed by atoms with van der Waals surface area (Å²) in [4.78, 5) is 2.51. The van der Waals surface area contributed by atoms with Gasteiger partial charge in [-0.25, -0.2) is 0 Å². The van der Waals surface area contributed by atoms with Crippen LogP contribution in [0.1, 0.15) is 18.1 Å². The van der Waals surface area contributed by atoms with Crippen molar-refractivity contribution >= 4 is 0 Å². The van der Waals surface area contributed by atoms with Gasteiger partial charge in [-0.2, -0.15) is 0 Å². The van der Waals surface area contributed by atoms with Gasteiger partial charge in [-0.1, -0.05) is 24.6 Å². The summed E-state index contributed by atoms with van der Waals surface area (Å²) in [5, 5.41) is 3.33. The Bertz CT molecular complexity index is 374. The third-order valence-corrected chi connectivity index (χ3v) is 3.49. The summed E-state index contributed by atoms with van der Waals surface area (Å²) in [6.45, 7) is 8.64. The number of hydrogen-bond acceptors (Lipinski definition) is 3. The van der Waals surface area contributed by atoms with Crippen LogP contribution in [0.2, 0.25) is 0 Å². The molecule has 0 bridgehead atoms. The van der Waals surface area contributed by atoms with Crippen molar-refractivity contribution in [3.05, 3.63) is 29.3 Å². The minimum Gasteiger partial charge on any atom is -0.496 e. The Morgan fingerprint density at radius 3 is 2.71 bits per heavy atom. The molecule has 3 heteroatoms. The first-order chi connectivity index (χ1) is 8.24. The molecular formula is C14H22N2O. The first-order valence-electron chi connectivity index (χ1n) is 6.33. The first-order valence-corrected chi connectivity index (χ1v) is 6.33. The molecule has 0 radical (unpaired) electrons. The Morgan fingerprint density at radius 1 is 1.41 bits per heavy atom. The highest BCUT2D eigenvalue weighted by molar-refractivity contribution is 5.36. The van der Waals surface area contributed by atoms with Crippen LogP contribution in [0.3, 0.4) is 0 Å². The van der Waals surface area contributed by atoms with Crippen LogP contribution in [0, 0.1) is 6.92 Å². The van der Waals surface area contributed by atoms with Crippen molar-refractivity contribution in [2.75, 3.05) is 26.7 Å². The summed E-state index contributed by atoms with van der Waals surface area (Å²) in [5.41, 5.74) is 2.59. The van der Waals surface area contributed by atoms with Crippen molar-refractivity contribution < 1.29 is 4.74 Å². The van der Waals surface area contributed by atoms with Gasteiger partial charge in [0.15, 0.2) is 0 Å². The molecule has 0 spiro atoms. The van der Waals surface area contributed by atoms with Crippen molar-refractivity contribution in [2.24, 2.45) is 0 Å². The maximum atomic E-state index is 5.43. The fraction of sp³-hybridized carbons (Fsp3) is 0.571. The molecule has 1 aliphatic heterocycles. The molecule has 0 aromatic heterocycles. The molecule has 0 aliphatic carbocycles. The molecule has 1 aromatic carbocycles. The second-order valence-corrected chi connectivity index (χ2v) is 4.69. The van der Waals surface area contributed by atoms with Crippen LogP contribution in [-0.2, 0) is 6.54 Å². The minimum atomic E-state index is 0.685. The molecule has 1 aliphatic rings. The van der Waals surface area contributed by atoms with Crippen LogP contribution >= 0.6 is 0 Å². The van der Waals surface area contributed by atoms with Gasteiger partial charge in [0, 0.05) is 31.2 Å². The topological polar surface area (TPSA) is 24.5 Å². The van der Waals surface area contributed by atoms with Crippen LogP contribution in [0.4, 0.5) is 0 Å². The summed E-state index contributed by atoms with van der Waals surface area (Å²) in [7, 11) is 1.75. The first kappa shape index (κ1) is 12.4. The zero-order valence-electron chi connectivity index (χ0n) is 11.0. The second-order valence-electron chi connectivity index (χ2n) is 4.69. The number of nitrogens with zero attached hydrogens (tertiary/aromatic N) is 1. The smallest absolute Gasteiger partial charge is 0.123 e. The highest BCUT2D eigenvalue weighted by Crippen LogP contribution is 2.22. The van der Waals surface area contributed by atoms with E-state index >= 15 is 0 Å². The molecule has 94 valence electrons. The van der Waals surface area contributed by atoms with Gasteiger partial charge >= 0.3 is 0 Å². The summed E-state index contributed by atoms with van der Waals surface area (Å²) in [5.74, 6) is 1.00. The van der Waals surface area contributed by atoms with Gasteiger partial charge < -0.3 is 10.1 Å². The van der Waals surface area contributed by atoms with E-state index in [4.69, 9.17) is 4.74 Å². The quantitative estimate of drug-likeness (QED) is 0.840. The van der Waals surface area contributed by atoms with Crippen molar-refractivity contribution in [2.45, 2.75) is 26.4 Å². The molecule has 1 aromatic rings. The molecular weight excluding hydrogens is 212 g/mol. The van der Waals surface area contributed by atoms with Crippen LogP contribution in [0.5, 0.6) is 5.75 Å². The number of likely N-dealkylation sites (N-methyl/N-ethyl adjacent to an activating group) is 1. The lowest BCUT2D eigenvalue weighted by molar-refractivity contribution is 0.144. The van der Waals surface area contributed by atoms with Crippen LogP contribution in [-0.4, -0.2) is 37.7 Å². The van der Waals surface area contributed by atoms with Crippen LogP contribution in [0.25, 0.3) is 0 Å². The lowest BCUT2D eigenvalue weighted by Gasteiger charge is -2.37. The molecule has 1 N–H and O–H groups in total. The fourth-order valence-corrected chi connectivity index (χ4v) is 2.28. The average molecular weight is 234 g/mol. The largest absolute Gasteiger partial charge is 0.496 e. The zero-order chi connectivity index (χ0) is 12.3. The lowest BCUT2D eigenvalue weighted by atomic mass is 10.1. The highest BCUT2D eigenvalue weighted by Gasteiger charge is 2.23. The van der Waals surface area contributed by atoms with Gasteiger partial charge in [-0.15, -0.1) is 0 Å². The number of benzene rings is 1. The van der Waals surface area contributed by atoms with E-state index < -0.39 is 0 Å². The number of rotatable bonds is 5. The molecule has 0 atom stereocenters. The summed E-state index contributed by atoms with van der Waals surface area (Å²) >= 11 is 0. The monoisotopic (exact) mass is 234 g/mol. The number of nitrogens with one attached hydrogen (secondary N) is 1. The summed E-state index contributed by atoms with van der Waals surface area (Å²) in [6, 6.07) is 7.08. The van der Waals surface area contributed by atoms with E-state index in [9.17, 15) is 0 Å². The Balaban J connectivity index is 2.12. The van der Waals surface area contributed by atoms with Gasteiger partial charge in [0.1, 0.15) is 5.75 Å². The molecule has 2 rings (SSSR count). The van der Waals surface area contributed by atoms with Gasteiger partial charge in [0.05, 0.1) is 7.11 Å². The maximum Gasteiger partial charge on any atom is 0.123 e. The lowest BCUT2D eigenvalue weighted by Crippen LogP contribution is -2.56. The standard InChI is InChI=1S/C14H22N2O/c1-4-16(13-8-15-9-13)10-12-7-11(2)5-6-14(12)17-3/h5-7,13,15H,4,8-10H2,1-3H3. The Hall–Kier alpha value is -1.06. The normalized spacial score (nSPS) is 16.0. The maximum absolute atomic E-state index is 5.43. The zero-order valence-corrected chi connectivity index (χ0v) is 11.0. The van der Waals surface area contributed by atoms with E-state index in [1.54, 1.807) is 7.11 Å². The number of hydrogen-bond donors (Lipinski definition) is 1. The average Bonchev–Trinajstić information content (AvgIpc) is 2.26. The van der Waals surface area contributed by atoms with E-state index in [1.165, 1.54) is 11.1 Å². The Labute approximate surface area is 104 Å². The molecule has 0 amide bonds. The van der Waals surface area contributed by atoms with E-state index in [0.29, 0.717) is 6.04 Å². The Kier molecular flexibility index (Phi) is 4.02. The second kappa shape index (κ2) is 5.52. The molecule has 1 fully saturated rings. The van der Waals surface area contributed by atoms with Crippen molar-refractivity contribution in [3.8, 4) is 5.75 Å². The highest BCUT2D eigenvalue weighted by atomic mass is 16.5. The summed E-state index contributed by atoms with van der Waals surface area (Å²) in [6.07, 6.45) is 0. The van der Waals surface area contributed by atoms with Crippen LogP contribution in [0.15, 0.2) is 18.2 Å². The van der Waals surface area contributed by atoms with E-state index in [-0.39, 0.29) is 0 Å². The van der Waals surface area contributed by atoms with Crippen molar-refractivity contribution in [1.29, 1.82) is 0 Å². The van der Waals surface area contributed by atoms with Crippen LogP contribution < -0.4 is 10.1 Å². The molecule has 17 heavy (non-hydrogen) atoms. The van der Waals surface area contributed by atoms with E-state index in [1.807, 2.05) is 0 Å². The Morgan fingerprint density at radius 2 is 2.18 bits per heavy atom. The fourth-order valence-electron chi connectivity index (χ4n) is 2.28. The third-order valence-electron chi connectivity index (χ3n) is 3.49. The van der Waals surface area contributed by atoms with Crippen molar-refractivity contribution in [1.82, 2.24) is 10.2 Å². The summed E-state index contributed by atoms with van der Waals surface area (Å²) < 4.78 is 5.43. The number of methoxy groups -OCH3 is 1. The van der Waals surface area contributed by atoms with E-state index in [0.717, 1.165) is 31.9 Å². The van der Waals surface area contributed by atoms with Gasteiger partial charge in [-0.3, -0.25) is 4.90 Å². The van der Waals surface area contributed by atoms with E-state index in [2.05, 4.69) is 42.3 Å². The number of ether oxygens (including phenoxy) is 1. The number of aryl methyl sites for hydroxylation is 1. The SMILES string of the molecule is CCN(Cc1cc(C)ccc1OC)C1CNC1. The third kappa shape index (κ3) is 2.79. The predicted molar refractivity (Wildman–Crippen MR) is 70.5 cm³/mol. The molecule has 0 unspecified atom stereocenters. The van der Waals surface area contributed by atoms with Crippen molar-refractivity contribution in [3.63, 3.8) is 0 Å². The molecule has 1 heterocycles. The minimum absolute atomic E-state index is 0.685. The molecule has 1 saturated heterocycles. The van der Waals surface area contributed by atoms with Gasteiger partial charge in [0.2, 0.25) is 0 Å². The van der Waals surface area contributed by atoms with Gasteiger partial charge in [0.25, 0.3) is 0 Å². The molecule has 0 saturated carbocycles. The van der Waals surface area contributed by atoms with Gasteiger partial charge in [-0.05, 0) is 19.5 Å². The molecule has 3 nitrogen and oxygen atoms in total. The predicted octanol–water partition coefficient (Wildman–Crippen LogP) is 1.80.